The zero-order valence-electron chi connectivity index (χ0n) is 19.0. The van der Waals surface area contributed by atoms with Crippen molar-refractivity contribution in [1.29, 1.82) is 0 Å². The molecule has 1 fully saturated rings. The molecule has 4 rings (SSSR count). The average molecular weight is 513 g/mol. The van der Waals surface area contributed by atoms with Crippen LogP contribution in [0, 0.1) is 15.9 Å². The maximum atomic E-state index is 14.0. The van der Waals surface area contributed by atoms with Crippen molar-refractivity contribution in [3.05, 3.63) is 93.2 Å². The fourth-order valence-corrected chi connectivity index (χ4v) is 4.01. The number of hydrogen-bond acceptors (Lipinski definition) is 6. The van der Waals surface area contributed by atoms with Crippen molar-refractivity contribution in [3.8, 4) is 5.75 Å². The van der Waals surface area contributed by atoms with Crippen molar-refractivity contribution < 1.29 is 23.6 Å². The summed E-state index contributed by atoms with van der Waals surface area (Å²) in [4.78, 5) is 39.1. The third-order valence-electron chi connectivity index (χ3n) is 5.66. The van der Waals surface area contributed by atoms with Crippen LogP contribution in [0.15, 0.2) is 66.7 Å². The zero-order chi connectivity index (χ0) is 25.7. The van der Waals surface area contributed by atoms with Crippen molar-refractivity contribution in [3.63, 3.8) is 0 Å². The number of anilines is 2. The predicted octanol–water partition coefficient (Wildman–Crippen LogP) is 4.37. The molecule has 11 heteroatoms. The first kappa shape index (κ1) is 24.9. The lowest BCUT2D eigenvalue weighted by molar-refractivity contribution is -0.384. The summed E-state index contributed by atoms with van der Waals surface area (Å²) in [7, 11) is 0. The molecule has 3 aromatic carbocycles. The van der Waals surface area contributed by atoms with Crippen LogP contribution < -0.4 is 15.0 Å². The molecule has 1 saturated heterocycles. The first-order chi connectivity index (χ1) is 17.3. The number of nitrogens with one attached hydrogen (secondary N) is 1. The van der Waals surface area contributed by atoms with Crippen molar-refractivity contribution in [1.82, 2.24) is 4.90 Å². The van der Waals surface area contributed by atoms with E-state index in [1.54, 1.807) is 29.2 Å². The van der Waals surface area contributed by atoms with Gasteiger partial charge in [-0.2, -0.15) is 0 Å². The summed E-state index contributed by atoms with van der Waals surface area (Å²) < 4.78 is 19.4. The van der Waals surface area contributed by atoms with Gasteiger partial charge in [0.15, 0.2) is 6.61 Å². The first-order valence-electron chi connectivity index (χ1n) is 11.1. The van der Waals surface area contributed by atoms with E-state index in [2.05, 4.69) is 5.32 Å². The van der Waals surface area contributed by atoms with Gasteiger partial charge < -0.3 is 19.9 Å². The number of carbonyl (C=O) groups is 2. The number of amides is 2. The molecule has 186 valence electrons. The molecule has 0 bridgehead atoms. The molecule has 0 atom stereocenters. The van der Waals surface area contributed by atoms with Crippen LogP contribution in [0.1, 0.15) is 10.4 Å². The standard InChI is InChI=1S/C25H22ClFN4O5/c26-17-5-10-23(29-11-13-30(14-12-29)25(33)20-3-1-2-4-21(20)27)22(15-17)28-24(32)16-36-19-8-6-18(7-9-19)31(34)35/h1-10,15H,11-14,16H2,(H,28,32). The lowest BCUT2D eigenvalue weighted by atomic mass is 10.1. The van der Waals surface area contributed by atoms with Crippen LogP contribution in [-0.4, -0.2) is 54.4 Å². The molecule has 1 heterocycles. The Labute approximate surface area is 211 Å². The molecule has 3 aromatic rings. The molecule has 1 aliphatic rings. The number of benzene rings is 3. The van der Waals surface area contributed by atoms with E-state index in [0.29, 0.717) is 42.6 Å². The lowest BCUT2D eigenvalue weighted by Crippen LogP contribution is -2.49. The third-order valence-corrected chi connectivity index (χ3v) is 5.90. The van der Waals surface area contributed by atoms with Crippen molar-refractivity contribution in [2.75, 3.05) is 43.0 Å². The van der Waals surface area contributed by atoms with Crippen LogP contribution in [0.5, 0.6) is 5.75 Å². The normalized spacial score (nSPS) is 13.3. The van der Waals surface area contributed by atoms with E-state index in [1.807, 2.05) is 4.90 Å². The van der Waals surface area contributed by atoms with Crippen molar-refractivity contribution in [2.45, 2.75) is 0 Å². The Morgan fingerprint density at radius 3 is 2.39 bits per heavy atom. The Morgan fingerprint density at radius 1 is 1.03 bits per heavy atom. The van der Waals surface area contributed by atoms with Gasteiger partial charge >= 0.3 is 0 Å². The average Bonchev–Trinajstić information content (AvgIpc) is 2.88. The highest BCUT2D eigenvalue weighted by molar-refractivity contribution is 6.31. The fraction of sp³-hybridized carbons (Fsp3) is 0.200. The van der Waals surface area contributed by atoms with Crippen molar-refractivity contribution >= 4 is 40.5 Å². The van der Waals surface area contributed by atoms with Gasteiger partial charge in [0.05, 0.1) is 21.9 Å². The van der Waals surface area contributed by atoms with Crippen LogP contribution in [0.25, 0.3) is 0 Å². The maximum absolute atomic E-state index is 14.0. The second-order valence-corrected chi connectivity index (χ2v) is 8.44. The molecule has 9 nitrogen and oxygen atoms in total. The molecule has 0 radical (unpaired) electrons. The topological polar surface area (TPSA) is 105 Å². The Bertz CT molecular complexity index is 1280. The van der Waals surface area contributed by atoms with Crippen LogP contribution in [0.3, 0.4) is 0 Å². The summed E-state index contributed by atoms with van der Waals surface area (Å²) in [5.41, 5.74) is 1.17. The lowest BCUT2D eigenvalue weighted by Gasteiger charge is -2.37. The Balaban J connectivity index is 1.38. The molecule has 1 aliphatic heterocycles. The largest absolute Gasteiger partial charge is 0.484 e. The SMILES string of the molecule is O=C(COc1ccc([N+](=O)[O-])cc1)Nc1cc(Cl)ccc1N1CCN(C(=O)c2ccccc2F)CC1. The molecule has 0 aliphatic carbocycles. The van der Waals surface area contributed by atoms with E-state index < -0.39 is 16.6 Å². The summed E-state index contributed by atoms with van der Waals surface area (Å²) >= 11 is 6.16. The quantitative estimate of drug-likeness (QED) is 0.372. The number of non-ortho nitro benzene ring substituents is 1. The monoisotopic (exact) mass is 512 g/mol. The highest BCUT2D eigenvalue weighted by Gasteiger charge is 2.25. The summed E-state index contributed by atoms with van der Waals surface area (Å²) in [6, 6.07) is 16.4. The van der Waals surface area contributed by atoms with Crippen LogP contribution in [0.4, 0.5) is 21.5 Å². The Morgan fingerprint density at radius 2 is 1.72 bits per heavy atom. The van der Waals surface area contributed by atoms with Gasteiger partial charge in [-0.3, -0.25) is 19.7 Å². The number of halogens is 2. The smallest absolute Gasteiger partial charge is 0.269 e. The molecule has 0 spiro atoms. The van der Waals surface area contributed by atoms with Crippen LogP contribution in [0.2, 0.25) is 5.02 Å². The molecule has 0 saturated carbocycles. The molecule has 2 amide bonds. The zero-order valence-corrected chi connectivity index (χ0v) is 19.8. The molecule has 1 N–H and O–H groups in total. The maximum Gasteiger partial charge on any atom is 0.269 e. The van der Waals surface area contributed by atoms with Gasteiger partial charge in [0.25, 0.3) is 17.5 Å². The molecule has 0 unspecified atom stereocenters. The number of nitro benzene ring substituents is 1. The van der Waals surface area contributed by atoms with Gasteiger partial charge in [-0.25, -0.2) is 4.39 Å². The van der Waals surface area contributed by atoms with Gasteiger partial charge in [-0.05, 0) is 42.5 Å². The highest BCUT2D eigenvalue weighted by Crippen LogP contribution is 2.30. The van der Waals surface area contributed by atoms with Crippen molar-refractivity contribution in [2.24, 2.45) is 0 Å². The van der Waals surface area contributed by atoms with Crippen LogP contribution >= 0.6 is 11.6 Å². The number of carbonyl (C=O) groups excluding carboxylic acids is 2. The minimum absolute atomic E-state index is 0.0402. The van der Waals surface area contributed by atoms with E-state index in [4.69, 9.17) is 16.3 Å². The van der Waals surface area contributed by atoms with Gasteiger partial charge in [0.1, 0.15) is 11.6 Å². The third kappa shape index (κ3) is 5.89. The van der Waals surface area contributed by atoms with Gasteiger partial charge in [0.2, 0.25) is 0 Å². The summed E-state index contributed by atoms with van der Waals surface area (Å²) in [6.45, 7) is 1.40. The predicted molar refractivity (Wildman–Crippen MR) is 133 cm³/mol. The number of nitro groups is 1. The first-order valence-corrected chi connectivity index (χ1v) is 11.4. The Hall–Kier alpha value is -4.18. The summed E-state index contributed by atoms with van der Waals surface area (Å²) in [5.74, 6) is -1.03. The van der Waals surface area contributed by atoms with Gasteiger partial charge in [-0.1, -0.05) is 23.7 Å². The van der Waals surface area contributed by atoms with E-state index in [1.165, 1.54) is 42.5 Å². The minimum atomic E-state index is -0.552. The molecular weight excluding hydrogens is 491 g/mol. The molecular formula is C25H22ClFN4O5. The number of ether oxygens (including phenoxy) is 1. The second-order valence-electron chi connectivity index (χ2n) is 8.01. The van der Waals surface area contributed by atoms with E-state index in [0.717, 1.165) is 5.69 Å². The van der Waals surface area contributed by atoms with E-state index in [-0.39, 0.29) is 23.8 Å². The van der Waals surface area contributed by atoms with Crippen LogP contribution in [-0.2, 0) is 4.79 Å². The summed E-state index contributed by atoms with van der Waals surface area (Å²) in [5, 5.41) is 14.0. The number of piperazine rings is 1. The van der Waals surface area contributed by atoms with E-state index >= 15 is 0 Å². The molecule has 36 heavy (non-hydrogen) atoms. The summed E-state index contributed by atoms with van der Waals surface area (Å²) in [6.07, 6.45) is 0. The van der Waals surface area contributed by atoms with Gasteiger partial charge in [0, 0.05) is 43.3 Å². The number of hydrogen-bond donors (Lipinski definition) is 1. The number of nitrogens with zero attached hydrogens (tertiary/aromatic N) is 3. The van der Waals surface area contributed by atoms with E-state index in [9.17, 15) is 24.1 Å². The van der Waals surface area contributed by atoms with Gasteiger partial charge in [-0.15, -0.1) is 0 Å². The second kappa shape index (κ2) is 11.0. The number of rotatable bonds is 7. The minimum Gasteiger partial charge on any atom is -0.484 e. The Kier molecular flexibility index (Phi) is 7.65. The fourth-order valence-electron chi connectivity index (χ4n) is 3.84. The highest BCUT2D eigenvalue weighted by atomic mass is 35.5. The molecule has 0 aromatic heterocycles.